The minimum atomic E-state index is 0.448. The largest absolute Gasteiger partial charge is 0.0619 e. The van der Waals surface area contributed by atoms with Gasteiger partial charge in [-0.25, -0.2) is 0 Å². The summed E-state index contributed by atoms with van der Waals surface area (Å²) in [5.74, 6) is 0.934. The zero-order valence-electron chi connectivity index (χ0n) is 18.0. The fourth-order valence-electron chi connectivity index (χ4n) is 5.89. The van der Waals surface area contributed by atoms with Crippen LogP contribution in [0.3, 0.4) is 0 Å². The second kappa shape index (κ2) is 7.21. The average molecular weight is 465 g/mol. The van der Waals surface area contributed by atoms with Gasteiger partial charge in [0.05, 0.1) is 0 Å². The van der Waals surface area contributed by atoms with E-state index in [2.05, 4.69) is 109 Å². The lowest BCUT2D eigenvalue weighted by Gasteiger charge is -2.26. The molecule has 31 heavy (non-hydrogen) atoms. The third kappa shape index (κ3) is 2.94. The quantitative estimate of drug-likeness (QED) is 0.363. The van der Waals surface area contributed by atoms with Crippen molar-refractivity contribution in [2.45, 2.75) is 38.5 Å². The summed E-state index contributed by atoms with van der Waals surface area (Å²) in [4.78, 5) is 0. The number of hydrogen-bond donors (Lipinski definition) is 0. The van der Waals surface area contributed by atoms with Gasteiger partial charge in [0.15, 0.2) is 0 Å². The predicted octanol–water partition coefficient (Wildman–Crippen LogP) is 8.80. The maximum atomic E-state index is 3.66. The first-order chi connectivity index (χ1) is 15.1. The summed E-state index contributed by atoms with van der Waals surface area (Å²) < 4.78 is 1.15. The molecule has 3 aromatic rings. The molecule has 0 spiro atoms. The molecule has 0 amide bonds. The smallest absolute Gasteiger partial charge is 0.0181 e. The Kier molecular flexibility index (Phi) is 4.43. The fraction of sp³-hybridized carbons (Fsp3) is 0.200. The van der Waals surface area contributed by atoms with E-state index in [1.54, 1.807) is 0 Å². The van der Waals surface area contributed by atoms with Gasteiger partial charge in [-0.15, -0.1) is 0 Å². The van der Waals surface area contributed by atoms with E-state index in [0.29, 0.717) is 11.8 Å². The van der Waals surface area contributed by atoms with Crippen molar-refractivity contribution >= 4 is 22.0 Å². The number of allylic oxidation sites excluding steroid dienone is 5. The van der Waals surface area contributed by atoms with Crippen LogP contribution in [0.4, 0.5) is 0 Å². The van der Waals surface area contributed by atoms with Gasteiger partial charge >= 0.3 is 0 Å². The highest BCUT2D eigenvalue weighted by Gasteiger charge is 2.32. The highest BCUT2D eigenvalue weighted by atomic mass is 79.9. The number of benzene rings is 3. The van der Waals surface area contributed by atoms with Crippen LogP contribution < -0.4 is 0 Å². The van der Waals surface area contributed by atoms with Gasteiger partial charge in [-0.1, -0.05) is 83.5 Å². The van der Waals surface area contributed by atoms with Crippen LogP contribution in [-0.4, -0.2) is 0 Å². The molecular formula is C30H25Br. The molecule has 1 heteroatoms. The Morgan fingerprint density at radius 1 is 0.806 bits per heavy atom. The summed E-state index contributed by atoms with van der Waals surface area (Å²) in [5, 5.41) is 0. The molecule has 0 N–H and O–H groups in total. The minimum Gasteiger partial charge on any atom is -0.0619 e. The predicted molar refractivity (Wildman–Crippen MR) is 134 cm³/mol. The molecule has 3 aliphatic rings. The van der Waals surface area contributed by atoms with Gasteiger partial charge in [0.25, 0.3) is 0 Å². The lowest BCUT2D eigenvalue weighted by atomic mass is 9.78. The van der Waals surface area contributed by atoms with E-state index in [-0.39, 0.29) is 0 Å². The molecule has 0 fully saturated rings. The normalized spacial score (nSPS) is 18.9. The zero-order chi connectivity index (χ0) is 21.1. The van der Waals surface area contributed by atoms with E-state index in [1.807, 2.05) is 0 Å². The van der Waals surface area contributed by atoms with Crippen molar-refractivity contribution in [3.8, 4) is 11.1 Å². The first-order valence-corrected chi connectivity index (χ1v) is 12.0. The fourth-order valence-corrected chi connectivity index (χ4v) is 6.27. The number of rotatable bonds is 3. The maximum Gasteiger partial charge on any atom is 0.0181 e. The molecule has 0 saturated heterocycles. The first-order valence-electron chi connectivity index (χ1n) is 11.2. The summed E-state index contributed by atoms with van der Waals surface area (Å²) in [6.45, 7) is 4.65. The summed E-state index contributed by atoms with van der Waals surface area (Å²) in [6, 6.07) is 24.7. The van der Waals surface area contributed by atoms with Crippen molar-refractivity contribution in [1.29, 1.82) is 0 Å². The van der Waals surface area contributed by atoms with Gasteiger partial charge in [0.2, 0.25) is 0 Å². The van der Waals surface area contributed by atoms with E-state index in [9.17, 15) is 0 Å². The molecule has 3 aliphatic carbocycles. The molecule has 0 heterocycles. The van der Waals surface area contributed by atoms with Crippen LogP contribution in [0.15, 0.2) is 99.6 Å². The Balaban J connectivity index is 1.34. The van der Waals surface area contributed by atoms with Gasteiger partial charge in [-0.05, 0) is 93.6 Å². The Morgan fingerprint density at radius 2 is 1.48 bits per heavy atom. The Morgan fingerprint density at radius 3 is 2.19 bits per heavy atom. The van der Waals surface area contributed by atoms with Crippen LogP contribution >= 0.6 is 15.9 Å². The molecular weight excluding hydrogens is 440 g/mol. The molecule has 0 saturated carbocycles. The van der Waals surface area contributed by atoms with Gasteiger partial charge in [-0.3, -0.25) is 0 Å². The molecule has 1 unspecified atom stereocenters. The van der Waals surface area contributed by atoms with Crippen molar-refractivity contribution in [2.75, 3.05) is 0 Å². The Hall–Kier alpha value is -2.64. The van der Waals surface area contributed by atoms with Gasteiger partial charge < -0.3 is 0 Å². The van der Waals surface area contributed by atoms with Crippen molar-refractivity contribution in [3.63, 3.8) is 0 Å². The lowest BCUT2D eigenvalue weighted by molar-refractivity contribution is 0.726. The number of hydrogen-bond acceptors (Lipinski definition) is 0. The van der Waals surface area contributed by atoms with E-state index in [4.69, 9.17) is 0 Å². The summed E-state index contributed by atoms with van der Waals surface area (Å²) in [7, 11) is 0. The Bertz CT molecular complexity index is 1270. The molecule has 152 valence electrons. The SMILES string of the molecule is CC1=C(CCC2c3ccccc3-c3ccccc32)C2=Cc3cc(Br)ccc3C(C)C2=C1. The molecule has 0 aromatic heterocycles. The molecule has 0 bridgehead atoms. The first kappa shape index (κ1) is 19.1. The standard InChI is InChI=1S/C30H25Br/c1-18-15-29-19(2)23-12-11-21(31)16-20(23)17-30(29)22(18)13-14-28-26-9-5-3-7-24(26)25-8-4-6-10-27(25)28/h3-12,15-17,19,28H,13-14H2,1-2H3. The van der Waals surface area contributed by atoms with Crippen LogP contribution in [0, 0.1) is 0 Å². The van der Waals surface area contributed by atoms with Crippen molar-refractivity contribution < 1.29 is 0 Å². The van der Waals surface area contributed by atoms with Crippen LogP contribution in [-0.2, 0) is 0 Å². The second-order valence-corrected chi connectivity index (χ2v) is 10.00. The summed E-state index contributed by atoms with van der Waals surface area (Å²) in [5.41, 5.74) is 14.6. The third-order valence-electron chi connectivity index (χ3n) is 7.41. The molecule has 0 nitrogen and oxygen atoms in total. The topological polar surface area (TPSA) is 0 Å². The van der Waals surface area contributed by atoms with Crippen molar-refractivity contribution in [1.82, 2.24) is 0 Å². The lowest BCUT2D eigenvalue weighted by Crippen LogP contribution is -2.08. The van der Waals surface area contributed by atoms with E-state index in [0.717, 1.165) is 17.3 Å². The monoisotopic (exact) mass is 464 g/mol. The molecule has 0 radical (unpaired) electrons. The third-order valence-corrected chi connectivity index (χ3v) is 7.90. The molecule has 1 atom stereocenters. The number of fused-ring (bicyclic) bond motifs is 5. The van der Waals surface area contributed by atoms with E-state index >= 15 is 0 Å². The summed E-state index contributed by atoms with van der Waals surface area (Å²) >= 11 is 3.66. The van der Waals surface area contributed by atoms with Gasteiger partial charge in [-0.2, -0.15) is 0 Å². The van der Waals surface area contributed by atoms with Crippen molar-refractivity contribution in [2.24, 2.45) is 0 Å². The zero-order valence-corrected chi connectivity index (χ0v) is 19.5. The van der Waals surface area contributed by atoms with Crippen LogP contribution in [0.2, 0.25) is 0 Å². The van der Waals surface area contributed by atoms with Crippen LogP contribution in [0.5, 0.6) is 0 Å². The molecule has 3 aromatic carbocycles. The Labute approximate surface area is 193 Å². The van der Waals surface area contributed by atoms with Gasteiger partial charge in [0, 0.05) is 16.3 Å². The van der Waals surface area contributed by atoms with E-state index in [1.165, 1.54) is 55.7 Å². The average Bonchev–Trinajstić information content (AvgIpc) is 3.27. The maximum absolute atomic E-state index is 3.66. The second-order valence-electron chi connectivity index (χ2n) is 9.08. The highest BCUT2D eigenvalue weighted by molar-refractivity contribution is 9.10. The summed E-state index contributed by atoms with van der Waals surface area (Å²) in [6.07, 6.45) is 7.13. The van der Waals surface area contributed by atoms with E-state index < -0.39 is 0 Å². The number of halogens is 1. The highest BCUT2D eigenvalue weighted by Crippen LogP contribution is 2.50. The molecule has 0 aliphatic heterocycles. The molecule has 6 rings (SSSR count). The van der Waals surface area contributed by atoms with Crippen LogP contribution in [0.25, 0.3) is 17.2 Å². The minimum absolute atomic E-state index is 0.448. The van der Waals surface area contributed by atoms with Crippen LogP contribution in [0.1, 0.15) is 60.8 Å². The van der Waals surface area contributed by atoms with Gasteiger partial charge in [0.1, 0.15) is 0 Å². The van der Waals surface area contributed by atoms with Crippen molar-refractivity contribution in [3.05, 3.63) is 122 Å².